The third-order valence-electron chi connectivity index (χ3n) is 3.35. The number of rotatable bonds is 3. The van der Waals surface area contributed by atoms with Crippen LogP contribution in [0.15, 0.2) is 18.2 Å². The summed E-state index contributed by atoms with van der Waals surface area (Å²) in [5, 5.41) is 0. The molecule has 0 bridgehead atoms. The summed E-state index contributed by atoms with van der Waals surface area (Å²) >= 11 is 0. The minimum atomic E-state index is -3.12. The van der Waals surface area contributed by atoms with Gasteiger partial charge in [-0.3, -0.25) is 9.59 Å². The Morgan fingerprint density at radius 3 is 2.58 bits per heavy atom. The highest BCUT2D eigenvalue weighted by Crippen LogP contribution is 2.43. The van der Waals surface area contributed by atoms with Gasteiger partial charge in [0.2, 0.25) is 0 Å². The van der Waals surface area contributed by atoms with Crippen molar-refractivity contribution < 1.29 is 27.8 Å². The number of fused-ring (bicyclic) bond motifs is 1. The fourth-order valence-corrected chi connectivity index (χ4v) is 2.30. The first-order chi connectivity index (χ1) is 8.97. The largest absolute Gasteiger partial charge is 0.497 e. The smallest absolute Gasteiger partial charge is 0.326 e. The van der Waals surface area contributed by atoms with Crippen molar-refractivity contribution in [1.29, 1.82) is 0 Å². The van der Waals surface area contributed by atoms with E-state index in [0.29, 0.717) is 11.3 Å². The molecule has 1 atom stereocenters. The molecular weight excluding hydrogens is 258 g/mol. The molecule has 4 nitrogen and oxygen atoms in total. The zero-order chi connectivity index (χ0) is 14.2. The molecule has 102 valence electrons. The van der Waals surface area contributed by atoms with Gasteiger partial charge in [0.15, 0.2) is 11.2 Å². The average Bonchev–Trinajstić information content (AvgIpc) is 2.71. The minimum Gasteiger partial charge on any atom is -0.497 e. The highest BCUT2D eigenvalue weighted by Gasteiger charge is 2.59. The van der Waals surface area contributed by atoms with Gasteiger partial charge < -0.3 is 9.47 Å². The Morgan fingerprint density at radius 2 is 2.05 bits per heavy atom. The number of alkyl halides is 2. The zero-order valence-electron chi connectivity index (χ0n) is 10.4. The molecule has 0 aromatic heterocycles. The van der Waals surface area contributed by atoms with E-state index >= 15 is 0 Å². The number of ketones is 1. The molecule has 0 fully saturated rings. The molecule has 0 aliphatic heterocycles. The zero-order valence-corrected chi connectivity index (χ0v) is 10.4. The van der Waals surface area contributed by atoms with Gasteiger partial charge in [-0.15, -0.1) is 0 Å². The van der Waals surface area contributed by atoms with E-state index < -0.39 is 23.6 Å². The van der Waals surface area contributed by atoms with E-state index in [2.05, 4.69) is 4.74 Å². The number of Topliss-reactive ketones (excluding diaryl/α,β-unsaturated/α-hetero) is 1. The Kier molecular flexibility index (Phi) is 3.26. The van der Waals surface area contributed by atoms with E-state index in [4.69, 9.17) is 4.74 Å². The van der Waals surface area contributed by atoms with Crippen molar-refractivity contribution in [2.24, 2.45) is 5.41 Å². The molecule has 1 aliphatic carbocycles. The number of esters is 1. The predicted octanol–water partition coefficient (Wildman–Crippen LogP) is 1.86. The number of halogens is 2. The first kappa shape index (κ1) is 13.5. The number of ether oxygens (including phenoxy) is 2. The fraction of sp³-hybridized carbons (Fsp3) is 0.385. The summed E-state index contributed by atoms with van der Waals surface area (Å²) in [5.41, 5.74) is -1.94. The van der Waals surface area contributed by atoms with Gasteiger partial charge in [0.25, 0.3) is 6.43 Å². The van der Waals surface area contributed by atoms with Crippen LogP contribution in [0.2, 0.25) is 0 Å². The summed E-state index contributed by atoms with van der Waals surface area (Å²) in [4.78, 5) is 23.8. The molecule has 0 N–H and O–H groups in total. The maximum Gasteiger partial charge on any atom is 0.326 e. The van der Waals surface area contributed by atoms with Crippen LogP contribution in [0.3, 0.4) is 0 Å². The van der Waals surface area contributed by atoms with Gasteiger partial charge in [0, 0.05) is 12.0 Å². The van der Waals surface area contributed by atoms with Crippen LogP contribution in [0, 0.1) is 5.41 Å². The van der Waals surface area contributed by atoms with Gasteiger partial charge in [-0.25, -0.2) is 8.78 Å². The molecule has 0 saturated carbocycles. The Labute approximate surface area is 108 Å². The minimum absolute atomic E-state index is 0.117. The maximum absolute atomic E-state index is 13.3. The van der Waals surface area contributed by atoms with Gasteiger partial charge in [-0.05, 0) is 23.8 Å². The lowest BCUT2D eigenvalue weighted by Gasteiger charge is -2.22. The third kappa shape index (κ3) is 1.78. The second-order valence-corrected chi connectivity index (χ2v) is 4.29. The SMILES string of the molecule is COC(=O)C1(C(F)F)Cc2cc(OC)ccc2C1=O. The van der Waals surface area contributed by atoms with Crippen LogP contribution in [-0.4, -0.2) is 32.4 Å². The molecule has 2 rings (SSSR count). The second-order valence-electron chi connectivity index (χ2n) is 4.29. The van der Waals surface area contributed by atoms with E-state index in [-0.39, 0.29) is 12.0 Å². The Balaban J connectivity index is 2.53. The second kappa shape index (κ2) is 4.60. The molecule has 0 heterocycles. The normalized spacial score (nSPS) is 21.4. The van der Waals surface area contributed by atoms with E-state index in [1.807, 2.05) is 0 Å². The summed E-state index contributed by atoms with van der Waals surface area (Å²) in [6.45, 7) is 0. The van der Waals surface area contributed by atoms with E-state index in [1.54, 1.807) is 0 Å². The number of benzene rings is 1. The standard InChI is InChI=1S/C13H12F2O4/c1-18-8-3-4-9-7(5-8)6-13(10(9)16,11(14)15)12(17)19-2/h3-5,11H,6H2,1-2H3. The highest BCUT2D eigenvalue weighted by molar-refractivity contribution is 6.16. The van der Waals surface area contributed by atoms with Gasteiger partial charge in [-0.2, -0.15) is 0 Å². The lowest BCUT2D eigenvalue weighted by Crippen LogP contribution is -2.44. The van der Waals surface area contributed by atoms with Gasteiger partial charge in [0.1, 0.15) is 5.75 Å². The summed E-state index contributed by atoms with van der Waals surface area (Å²) in [6, 6.07) is 4.37. The Morgan fingerprint density at radius 1 is 1.37 bits per heavy atom. The van der Waals surface area contributed by atoms with Crippen molar-refractivity contribution in [3.05, 3.63) is 29.3 Å². The molecule has 19 heavy (non-hydrogen) atoms. The van der Waals surface area contributed by atoms with Crippen LogP contribution in [0.5, 0.6) is 5.75 Å². The molecule has 0 radical (unpaired) electrons. The molecule has 0 amide bonds. The van der Waals surface area contributed by atoms with Crippen LogP contribution in [-0.2, 0) is 16.0 Å². The Bertz CT molecular complexity index is 541. The predicted molar refractivity (Wildman–Crippen MR) is 61.5 cm³/mol. The van der Waals surface area contributed by atoms with E-state index in [9.17, 15) is 18.4 Å². The summed E-state index contributed by atoms with van der Waals surface area (Å²) in [7, 11) is 2.42. The summed E-state index contributed by atoms with van der Waals surface area (Å²) < 4.78 is 35.9. The van der Waals surface area contributed by atoms with E-state index in [0.717, 1.165) is 7.11 Å². The topological polar surface area (TPSA) is 52.6 Å². The third-order valence-corrected chi connectivity index (χ3v) is 3.35. The quantitative estimate of drug-likeness (QED) is 0.621. The van der Waals surface area contributed by atoms with Crippen molar-refractivity contribution in [3.8, 4) is 5.75 Å². The fourth-order valence-electron chi connectivity index (χ4n) is 2.30. The monoisotopic (exact) mass is 270 g/mol. The molecule has 0 saturated heterocycles. The van der Waals surface area contributed by atoms with Crippen LogP contribution in [0.1, 0.15) is 15.9 Å². The number of hydrogen-bond acceptors (Lipinski definition) is 4. The molecule has 1 unspecified atom stereocenters. The average molecular weight is 270 g/mol. The van der Waals surface area contributed by atoms with E-state index in [1.165, 1.54) is 25.3 Å². The number of methoxy groups -OCH3 is 2. The molecule has 1 aromatic carbocycles. The van der Waals surface area contributed by atoms with Crippen LogP contribution < -0.4 is 4.74 Å². The first-order valence-corrected chi connectivity index (χ1v) is 5.55. The lowest BCUT2D eigenvalue weighted by molar-refractivity contribution is -0.157. The van der Waals surface area contributed by atoms with Crippen LogP contribution in [0.25, 0.3) is 0 Å². The van der Waals surface area contributed by atoms with Crippen molar-refractivity contribution >= 4 is 11.8 Å². The van der Waals surface area contributed by atoms with Crippen molar-refractivity contribution in [2.75, 3.05) is 14.2 Å². The van der Waals surface area contributed by atoms with Crippen LogP contribution >= 0.6 is 0 Å². The molecule has 1 aliphatic rings. The van der Waals surface area contributed by atoms with Crippen LogP contribution in [0.4, 0.5) is 8.78 Å². The van der Waals surface area contributed by atoms with Gasteiger partial charge >= 0.3 is 5.97 Å². The lowest BCUT2D eigenvalue weighted by atomic mass is 9.84. The molecule has 6 heteroatoms. The van der Waals surface area contributed by atoms with Gasteiger partial charge in [-0.1, -0.05) is 0 Å². The first-order valence-electron chi connectivity index (χ1n) is 5.55. The number of carbonyl (C=O) groups excluding carboxylic acids is 2. The molecule has 1 aromatic rings. The molecule has 0 spiro atoms. The molecular formula is C13H12F2O4. The van der Waals surface area contributed by atoms with Crippen molar-refractivity contribution in [2.45, 2.75) is 12.8 Å². The summed E-state index contributed by atoms with van der Waals surface area (Å²) in [5.74, 6) is -1.66. The number of carbonyl (C=O) groups is 2. The highest BCUT2D eigenvalue weighted by atomic mass is 19.3. The van der Waals surface area contributed by atoms with Crippen molar-refractivity contribution in [3.63, 3.8) is 0 Å². The number of hydrogen-bond donors (Lipinski definition) is 0. The maximum atomic E-state index is 13.3. The Hall–Kier alpha value is -1.98. The summed E-state index contributed by atoms with van der Waals surface area (Å²) in [6.07, 6.45) is -3.49. The van der Waals surface area contributed by atoms with Gasteiger partial charge in [0.05, 0.1) is 14.2 Å². The van der Waals surface area contributed by atoms with Crippen molar-refractivity contribution in [1.82, 2.24) is 0 Å².